The Balaban J connectivity index is 2.60. The number of H-pyrrole nitrogens is 1. The van der Waals surface area contributed by atoms with Crippen molar-refractivity contribution in [2.45, 2.75) is 0 Å². The summed E-state index contributed by atoms with van der Waals surface area (Å²) in [5.41, 5.74) is 6.47. The zero-order valence-corrected chi connectivity index (χ0v) is 8.99. The number of aromatic amines is 1. The molecule has 1 aromatic heterocycles. The van der Waals surface area contributed by atoms with Crippen molar-refractivity contribution in [1.82, 2.24) is 10.2 Å². The van der Waals surface area contributed by atoms with E-state index in [1.54, 1.807) is 6.07 Å². The summed E-state index contributed by atoms with van der Waals surface area (Å²) in [5.74, 6) is 0.0426. The summed E-state index contributed by atoms with van der Waals surface area (Å²) >= 11 is 0. The molecule has 0 saturated heterocycles. The van der Waals surface area contributed by atoms with Crippen molar-refractivity contribution in [3.63, 3.8) is 0 Å². The average molecular weight is 232 g/mol. The van der Waals surface area contributed by atoms with Crippen molar-refractivity contribution in [3.05, 3.63) is 29.6 Å². The van der Waals surface area contributed by atoms with E-state index in [9.17, 15) is 4.39 Å². The molecule has 2 aromatic rings. The van der Waals surface area contributed by atoms with E-state index in [2.05, 4.69) is 10.2 Å². The van der Waals surface area contributed by atoms with Crippen LogP contribution in [-0.4, -0.2) is 17.3 Å². The van der Waals surface area contributed by atoms with Gasteiger partial charge in [0, 0.05) is 11.6 Å². The second-order valence-electron chi connectivity index (χ2n) is 3.35. The zero-order valence-electron chi connectivity index (χ0n) is 8.99. The van der Waals surface area contributed by atoms with Gasteiger partial charge in [0.2, 0.25) is 0 Å². The summed E-state index contributed by atoms with van der Waals surface area (Å²) in [6.07, 6.45) is 0. The molecule has 86 valence electrons. The van der Waals surface area contributed by atoms with E-state index in [4.69, 9.17) is 15.7 Å². The van der Waals surface area contributed by atoms with E-state index >= 15 is 0 Å². The molecule has 5 nitrogen and oxygen atoms in total. The first-order valence-electron chi connectivity index (χ1n) is 4.74. The number of aromatic nitrogens is 2. The highest BCUT2D eigenvalue weighted by Gasteiger charge is 2.14. The van der Waals surface area contributed by atoms with Crippen molar-refractivity contribution < 1.29 is 9.13 Å². The average Bonchev–Trinajstić information content (AvgIpc) is 2.69. The van der Waals surface area contributed by atoms with Crippen LogP contribution in [0.25, 0.3) is 11.3 Å². The Kier molecular flexibility index (Phi) is 2.66. The maximum atomic E-state index is 13.3. The number of halogens is 1. The molecule has 1 aromatic carbocycles. The molecule has 0 amide bonds. The molecule has 0 aliphatic carbocycles. The van der Waals surface area contributed by atoms with Crippen LogP contribution in [0.15, 0.2) is 18.2 Å². The van der Waals surface area contributed by atoms with E-state index in [-0.39, 0.29) is 11.4 Å². The normalized spacial score (nSPS) is 9.94. The number of nitriles is 1. The highest BCUT2D eigenvalue weighted by molar-refractivity contribution is 5.73. The number of hydrogen-bond donors (Lipinski definition) is 2. The number of nitrogens with zero attached hydrogens (tertiary/aromatic N) is 2. The maximum Gasteiger partial charge on any atom is 0.137 e. The zero-order chi connectivity index (χ0) is 12.4. The number of benzene rings is 1. The second kappa shape index (κ2) is 4.14. The summed E-state index contributed by atoms with van der Waals surface area (Å²) in [5, 5.41) is 15.3. The Morgan fingerprint density at radius 3 is 2.88 bits per heavy atom. The highest BCUT2D eigenvalue weighted by Crippen LogP contribution is 2.28. The minimum absolute atomic E-state index is 0.158. The molecule has 0 aliphatic heterocycles. The van der Waals surface area contributed by atoms with Crippen LogP contribution in [0.1, 0.15) is 5.56 Å². The summed E-state index contributed by atoms with van der Waals surface area (Å²) in [6, 6.07) is 6.00. The van der Waals surface area contributed by atoms with Gasteiger partial charge in [-0.1, -0.05) is 0 Å². The largest absolute Gasteiger partial charge is 0.497 e. The van der Waals surface area contributed by atoms with E-state index in [1.165, 1.54) is 19.2 Å². The van der Waals surface area contributed by atoms with Crippen molar-refractivity contribution in [2.75, 3.05) is 12.8 Å². The molecule has 0 bridgehead atoms. The van der Waals surface area contributed by atoms with Crippen LogP contribution >= 0.6 is 0 Å². The third kappa shape index (κ3) is 1.90. The van der Waals surface area contributed by atoms with Gasteiger partial charge in [-0.05, 0) is 12.1 Å². The first-order valence-corrected chi connectivity index (χ1v) is 4.74. The highest BCUT2D eigenvalue weighted by atomic mass is 19.1. The van der Waals surface area contributed by atoms with Gasteiger partial charge >= 0.3 is 0 Å². The predicted octanol–water partition coefficient (Wildman–Crippen LogP) is 1.68. The SMILES string of the molecule is COc1cc(F)cc(-c2n[nH]c(N)c2C#N)c1. The van der Waals surface area contributed by atoms with Gasteiger partial charge in [-0.15, -0.1) is 0 Å². The number of rotatable bonds is 2. The predicted molar refractivity (Wildman–Crippen MR) is 59.7 cm³/mol. The number of nitrogen functional groups attached to an aromatic ring is 1. The van der Waals surface area contributed by atoms with Crippen LogP contribution < -0.4 is 10.5 Å². The summed E-state index contributed by atoms with van der Waals surface area (Å²) in [4.78, 5) is 0. The van der Waals surface area contributed by atoms with Crippen LogP contribution in [0, 0.1) is 17.1 Å². The monoisotopic (exact) mass is 232 g/mol. The lowest BCUT2D eigenvalue weighted by molar-refractivity contribution is 0.411. The summed E-state index contributed by atoms with van der Waals surface area (Å²) in [7, 11) is 1.43. The van der Waals surface area contributed by atoms with Gasteiger partial charge in [-0.2, -0.15) is 10.4 Å². The van der Waals surface area contributed by atoms with E-state index in [1.807, 2.05) is 6.07 Å². The molecule has 1 heterocycles. The molecule has 0 atom stereocenters. The lowest BCUT2D eigenvalue weighted by atomic mass is 10.1. The van der Waals surface area contributed by atoms with Crippen LogP contribution in [-0.2, 0) is 0 Å². The number of hydrogen-bond acceptors (Lipinski definition) is 4. The van der Waals surface area contributed by atoms with Crippen LogP contribution in [0.4, 0.5) is 10.2 Å². The van der Waals surface area contributed by atoms with Gasteiger partial charge in [-0.25, -0.2) is 4.39 Å². The molecule has 0 spiro atoms. The van der Waals surface area contributed by atoms with Gasteiger partial charge < -0.3 is 10.5 Å². The number of methoxy groups -OCH3 is 1. The molecule has 6 heteroatoms. The molecule has 0 aliphatic rings. The Morgan fingerprint density at radius 2 is 2.24 bits per heavy atom. The topological polar surface area (TPSA) is 87.7 Å². The molecular weight excluding hydrogens is 223 g/mol. The van der Waals surface area contributed by atoms with Gasteiger partial charge in [0.25, 0.3) is 0 Å². The fourth-order valence-electron chi connectivity index (χ4n) is 1.49. The molecule has 0 fully saturated rings. The van der Waals surface area contributed by atoms with Crippen LogP contribution in [0.3, 0.4) is 0 Å². The van der Waals surface area contributed by atoms with E-state index in [0.717, 1.165) is 0 Å². The number of anilines is 1. The van der Waals surface area contributed by atoms with Crippen molar-refractivity contribution >= 4 is 5.82 Å². The molecular formula is C11H9FN4O. The van der Waals surface area contributed by atoms with Gasteiger partial charge in [0.15, 0.2) is 0 Å². The molecule has 3 N–H and O–H groups in total. The maximum absolute atomic E-state index is 13.3. The van der Waals surface area contributed by atoms with Gasteiger partial charge in [-0.3, -0.25) is 5.10 Å². The van der Waals surface area contributed by atoms with E-state index < -0.39 is 5.82 Å². The standard InChI is InChI=1S/C11H9FN4O/c1-17-8-3-6(2-7(12)4-8)10-9(5-13)11(14)16-15-10/h2-4H,1H3,(H3,14,15,16). The first-order chi connectivity index (χ1) is 8.15. The Bertz CT molecular complexity index is 600. The summed E-state index contributed by atoms with van der Waals surface area (Å²) < 4.78 is 18.3. The number of ether oxygens (including phenoxy) is 1. The third-order valence-corrected chi connectivity index (χ3v) is 2.29. The van der Waals surface area contributed by atoms with Crippen LogP contribution in [0.2, 0.25) is 0 Å². The quantitative estimate of drug-likeness (QED) is 0.824. The second-order valence-corrected chi connectivity index (χ2v) is 3.35. The van der Waals surface area contributed by atoms with Gasteiger partial charge in [0.1, 0.15) is 34.7 Å². The summed E-state index contributed by atoms with van der Waals surface area (Å²) in [6.45, 7) is 0. The fourth-order valence-corrected chi connectivity index (χ4v) is 1.49. The lowest BCUT2D eigenvalue weighted by Gasteiger charge is -2.03. The van der Waals surface area contributed by atoms with E-state index in [0.29, 0.717) is 17.0 Å². The smallest absolute Gasteiger partial charge is 0.137 e. The Labute approximate surface area is 96.6 Å². The third-order valence-electron chi connectivity index (χ3n) is 2.29. The fraction of sp³-hybridized carbons (Fsp3) is 0.0909. The molecule has 17 heavy (non-hydrogen) atoms. The van der Waals surface area contributed by atoms with Crippen molar-refractivity contribution in [1.29, 1.82) is 5.26 Å². The molecule has 0 saturated carbocycles. The molecule has 0 unspecified atom stereocenters. The lowest BCUT2D eigenvalue weighted by Crippen LogP contribution is -1.90. The first kappa shape index (κ1) is 11.0. The Hall–Kier alpha value is -2.55. The van der Waals surface area contributed by atoms with Crippen molar-refractivity contribution in [3.8, 4) is 23.1 Å². The molecule has 2 rings (SSSR count). The van der Waals surface area contributed by atoms with Crippen LogP contribution in [0.5, 0.6) is 5.75 Å². The number of nitrogens with one attached hydrogen (secondary N) is 1. The van der Waals surface area contributed by atoms with Crippen molar-refractivity contribution in [2.24, 2.45) is 0 Å². The minimum Gasteiger partial charge on any atom is -0.497 e. The number of nitrogens with two attached hydrogens (primary N) is 1. The minimum atomic E-state index is -0.468. The Morgan fingerprint density at radius 1 is 1.47 bits per heavy atom. The molecule has 0 radical (unpaired) electrons. The van der Waals surface area contributed by atoms with Gasteiger partial charge in [0.05, 0.1) is 7.11 Å².